The molecule has 10 nitrogen and oxygen atoms in total. The molecule has 0 saturated carbocycles. The zero-order valence-corrected chi connectivity index (χ0v) is 17.0. The fraction of sp³-hybridized carbons (Fsp3) is 0.238. The molecule has 0 atom stereocenters. The van der Waals surface area contributed by atoms with E-state index in [1.54, 1.807) is 25.4 Å². The van der Waals surface area contributed by atoms with Crippen LogP contribution in [0.1, 0.15) is 27.9 Å². The number of aryl methyl sites for hydroxylation is 1. The van der Waals surface area contributed by atoms with Gasteiger partial charge >= 0.3 is 0 Å². The predicted octanol–water partition coefficient (Wildman–Crippen LogP) is 2.67. The molecule has 0 spiro atoms. The molecule has 0 radical (unpaired) electrons. The lowest BCUT2D eigenvalue weighted by Gasteiger charge is -2.11. The van der Waals surface area contributed by atoms with E-state index >= 15 is 0 Å². The molecular formula is C21H20N6O4. The van der Waals surface area contributed by atoms with Crippen molar-refractivity contribution in [3.63, 3.8) is 0 Å². The third-order valence-corrected chi connectivity index (χ3v) is 4.69. The van der Waals surface area contributed by atoms with E-state index < -0.39 is 6.29 Å². The molecule has 0 unspecified atom stereocenters. The van der Waals surface area contributed by atoms with Crippen LogP contribution in [0.25, 0.3) is 11.0 Å². The first-order valence-electron chi connectivity index (χ1n) is 9.47. The van der Waals surface area contributed by atoms with E-state index in [1.807, 2.05) is 17.7 Å². The molecular weight excluding hydrogens is 400 g/mol. The summed E-state index contributed by atoms with van der Waals surface area (Å²) in [6, 6.07) is 7.34. The number of methoxy groups -OCH3 is 1. The predicted molar refractivity (Wildman–Crippen MR) is 112 cm³/mol. The van der Waals surface area contributed by atoms with Crippen LogP contribution in [-0.4, -0.2) is 40.7 Å². The van der Waals surface area contributed by atoms with Crippen LogP contribution in [0.2, 0.25) is 0 Å². The minimum absolute atomic E-state index is 0.309. The van der Waals surface area contributed by atoms with E-state index in [-0.39, 0.29) is 5.91 Å². The van der Waals surface area contributed by atoms with Gasteiger partial charge in [0.2, 0.25) is 0 Å². The first-order chi connectivity index (χ1) is 15.1. The lowest BCUT2D eigenvalue weighted by atomic mass is 10.2. The standard InChI is InChI=1S/C21H20N6O4/c1-27-12-14(19-17(27)4-3-15(25-19)21-30-7-8-31-21)20(28)26-18-9-16(23-5-6-29-2)13(10-22)11-24-18/h3-4,7-9,11-12,21H,5-6H2,1-2H3,(H2,23,24,26,28). The van der Waals surface area contributed by atoms with Gasteiger partial charge in [0.1, 0.15) is 35.6 Å². The average molecular weight is 420 g/mol. The van der Waals surface area contributed by atoms with Crippen molar-refractivity contribution in [2.45, 2.75) is 6.29 Å². The van der Waals surface area contributed by atoms with Crippen LogP contribution in [0.15, 0.2) is 43.1 Å². The Hall–Kier alpha value is -4.10. The van der Waals surface area contributed by atoms with Gasteiger partial charge in [-0.05, 0) is 12.1 Å². The molecule has 0 aliphatic carbocycles. The highest BCUT2D eigenvalue weighted by molar-refractivity contribution is 6.11. The molecule has 10 heteroatoms. The number of carbonyl (C=O) groups is 1. The summed E-state index contributed by atoms with van der Waals surface area (Å²) in [5.74, 6) is -0.0644. The number of anilines is 2. The van der Waals surface area contributed by atoms with E-state index in [0.29, 0.717) is 47.0 Å². The highest BCUT2D eigenvalue weighted by Gasteiger charge is 2.21. The van der Waals surface area contributed by atoms with Gasteiger partial charge in [0.25, 0.3) is 12.2 Å². The number of carbonyl (C=O) groups excluding carboxylic acids is 1. The van der Waals surface area contributed by atoms with Crippen molar-refractivity contribution in [1.82, 2.24) is 14.5 Å². The van der Waals surface area contributed by atoms with Crippen LogP contribution in [0, 0.1) is 11.3 Å². The number of pyridine rings is 2. The molecule has 158 valence electrons. The molecule has 1 amide bonds. The van der Waals surface area contributed by atoms with Crippen LogP contribution in [-0.2, 0) is 21.3 Å². The number of hydrogen-bond donors (Lipinski definition) is 2. The van der Waals surface area contributed by atoms with Gasteiger partial charge in [0, 0.05) is 39.2 Å². The Labute approximate surface area is 178 Å². The maximum Gasteiger partial charge on any atom is 0.283 e. The van der Waals surface area contributed by atoms with Crippen molar-refractivity contribution in [3.05, 3.63) is 59.9 Å². The number of rotatable bonds is 7. The summed E-state index contributed by atoms with van der Waals surface area (Å²) in [5.41, 5.74) is 3.17. The molecule has 1 aliphatic rings. The van der Waals surface area contributed by atoms with Crippen molar-refractivity contribution in [2.24, 2.45) is 7.05 Å². The van der Waals surface area contributed by atoms with Gasteiger partial charge < -0.3 is 29.4 Å². The fourth-order valence-corrected chi connectivity index (χ4v) is 3.18. The first kappa shape index (κ1) is 20.2. The van der Waals surface area contributed by atoms with Crippen LogP contribution in [0.5, 0.6) is 0 Å². The zero-order valence-electron chi connectivity index (χ0n) is 17.0. The van der Waals surface area contributed by atoms with Crippen LogP contribution >= 0.6 is 0 Å². The number of nitrogens with zero attached hydrogens (tertiary/aromatic N) is 4. The number of nitriles is 1. The molecule has 1 aliphatic heterocycles. The molecule has 0 saturated heterocycles. The van der Waals surface area contributed by atoms with E-state index in [9.17, 15) is 10.1 Å². The Morgan fingerprint density at radius 3 is 2.90 bits per heavy atom. The van der Waals surface area contributed by atoms with Crippen LogP contribution < -0.4 is 10.6 Å². The Balaban J connectivity index is 1.60. The SMILES string of the molecule is COCCNc1cc(NC(=O)c2cn(C)c3ccc(C4OC=CO4)nc23)ncc1C#N. The second-order valence-electron chi connectivity index (χ2n) is 6.73. The van der Waals surface area contributed by atoms with Gasteiger partial charge in [0.05, 0.1) is 28.9 Å². The molecule has 3 aromatic rings. The minimum atomic E-state index is -0.638. The quantitative estimate of drug-likeness (QED) is 0.559. The van der Waals surface area contributed by atoms with Crippen molar-refractivity contribution >= 4 is 28.4 Å². The first-order valence-corrected chi connectivity index (χ1v) is 9.47. The van der Waals surface area contributed by atoms with Gasteiger partial charge in [-0.15, -0.1) is 0 Å². The van der Waals surface area contributed by atoms with E-state index in [2.05, 4.69) is 26.7 Å². The topological polar surface area (TPSA) is 123 Å². The second kappa shape index (κ2) is 8.73. The van der Waals surface area contributed by atoms with E-state index in [4.69, 9.17) is 14.2 Å². The number of ether oxygens (including phenoxy) is 3. The molecule has 0 fully saturated rings. The number of amides is 1. The Kier molecular flexibility index (Phi) is 5.68. The lowest BCUT2D eigenvalue weighted by Crippen LogP contribution is -2.14. The van der Waals surface area contributed by atoms with Gasteiger partial charge in [-0.1, -0.05) is 0 Å². The van der Waals surface area contributed by atoms with Crippen molar-refractivity contribution in [3.8, 4) is 6.07 Å². The molecule has 2 N–H and O–H groups in total. The monoisotopic (exact) mass is 420 g/mol. The summed E-state index contributed by atoms with van der Waals surface area (Å²) < 4.78 is 17.5. The average Bonchev–Trinajstić information content (AvgIpc) is 3.42. The summed E-state index contributed by atoms with van der Waals surface area (Å²) >= 11 is 0. The van der Waals surface area contributed by atoms with Gasteiger partial charge in [-0.25, -0.2) is 9.97 Å². The van der Waals surface area contributed by atoms with Gasteiger partial charge in [-0.3, -0.25) is 4.79 Å². The van der Waals surface area contributed by atoms with Gasteiger partial charge in [-0.2, -0.15) is 5.26 Å². The summed E-state index contributed by atoms with van der Waals surface area (Å²) in [4.78, 5) is 21.8. The maximum atomic E-state index is 13.0. The Bertz CT molecular complexity index is 1190. The second-order valence-corrected chi connectivity index (χ2v) is 6.73. The smallest absolute Gasteiger partial charge is 0.283 e. The lowest BCUT2D eigenvalue weighted by molar-refractivity contribution is -0.0277. The highest BCUT2D eigenvalue weighted by Crippen LogP contribution is 2.27. The number of aromatic nitrogens is 3. The maximum absolute atomic E-state index is 13.0. The van der Waals surface area contributed by atoms with E-state index in [0.717, 1.165) is 5.52 Å². The summed E-state index contributed by atoms with van der Waals surface area (Å²) in [6.45, 7) is 0.988. The summed E-state index contributed by atoms with van der Waals surface area (Å²) in [7, 11) is 3.43. The number of nitrogens with one attached hydrogen (secondary N) is 2. The fourth-order valence-electron chi connectivity index (χ4n) is 3.18. The summed E-state index contributed by atoms with van der Waals surface area (Å²) in [5, 5.41) is 15.2. The normalized spacial score (nSPS) is 12.9. The van der Waals surface area contributed by atoms with Crippen molar-refractivity contribution in [1.29, 1.82) is 5.26 Å². The van der Waals surface area contributed by atoms with Gasteiger partial charge in [0.15, 0.2) is 0 Å². The van der Waals surface area contributed by atoms with Crippen LogP contribution in [0.4, 0.5) is 11.5 Å². The third kappa shape index (κ3) is 4.12. The Morgan fingerprint density at radius 2 is 2.16 bits per heavy atom. The van der Waals surface area contributed by atoms with E-state index in [1.165, 1.54) is 18.7 Å². The molecule has 4 heterocycles. The van der Waals surface area contributed by atoms with Crippen LogP contribution in [0.3, 0.4) is 0 Å². The molecule has 4 rings (SSSR count). The largest absolute Gasteiger partial charge is 0.454 e. The molecule has 31 heavy (non-hydrogen) atoms. The van der Waals surface area contributed by atoms with Crippen molar-refractivity contribution in [2.75, 3.05) is 30.9 Å². The molecule has 3 aromatic heterocycles. The number of hydrogen-bond acceptors (Lipinski definition) is 8. The zero-order chi connectivity index (χ0) is 21.8. The third-order valence-electron chi connectivity index (χ3n) is 4.69. The molecule has 0 aromatic carbocycles. The highest BCUT2D eigenvalue weighted by atomic mass is 16.7. The minimum Gasteiger partial charge on any atom is -0.454 e. The van der Waals surface area contributed by atoms with Crippen molar-refractivity contribution < 1.29 is 19.0 Å². The number of fused-ring (bicyclic) bond motifs is 1. The molecule has 0 bridgehead atoms. The Morgan fingerprint density at radius 1 is 1.35 bits per heavy atom. The summed E-state index contributed by atoms with van der Waals surface area (Å²) in [6.07, 6.45) is 5.37.